The van der Waals surface area contributed by atoms with Gasteiger partial charge in [-0.1, -0.05) is 6.07 Å². The molecule has 2 aliphatic rings. The third-order valence-corrected chi connectivity index (χ3v) is 5.94. The first kappa shape index (κ1) is 16.5. The molecule has 25 heavy (non-hydrogen) atoms. The van der Waals surface area contributed by atoms with Crippen molar-refractivity contribution in [2.24, 2.45) is 0 Å². The fourth-order valence-corrected chi connectivity index (χ4v) is 4.42. The van der Waals surface area contributed by atoms with E-state index in [9.17, 15) is 4.79 Å². The molecule has 1 spiro atoms. The van der Waals surface area contributed by atoms with E-state index in [4.69, 9.17) is 4.74 Å². The number of hydrogen-bond donors (Lipinski definition) is 1. The zero-order valence-corrected chi connectivity index (χ0v) is 14.9. The number of hydrogen-bond acceptors (Lipinski definition) is 6. The number of rotatable bonds is 3. The van der Waals surface area contributed by atoms with E-state index >= 15 is 0 Å². The Morgan fingerprint density at radius 2 is 2.08 bits per heavy atom. The Hall–Kier alpha value is -1.99. The molecule has 2 fully saturated rings. The molecule has 1 amide bonds. The number of nitrogens with one attached hydrogen (secondary N) is 1. The van der Waals surface area contributed by atoms with Gasteiger partial charge in [0.25, 0.3) is 5.91 Å². The zero-order valence-electron chi connectivity index (χ0n) is 14.1. The van der Waals surface area contributed by atoms with Crippen molar-refractivity contribution in [3.05, 3.63) is 40.8 Å². The van der Waals surface area contributed by atoms with Crippen molar-refractivity contribution in [1.29, 1.82) is 0 Å². The van der Waals surface area contributed by atoms with Gasteiger partial charge in [0.15, 0.2) is 0 Å². The lowest BCUT2D eigenvalue weighted by Crippen LogP contribution is -2.52. The van der Waals surface area contributed by atoms with Gasteiger partial charge in [0.1, 0.15) is 0 Å². The number of nitrogens with zero attached hydrogens (tertiary/aromatic N) is 3. The topological polar surface area (TPSA) is 67.4 Å². The molecule has 7 heteroatoms. The molecule has 132 valence electrons. The number of piperidine rings is 1. The minimum absolute atomic E-state index is 0.128. The van der Waals surface area contributed by atoms with Gasteiger partial charge >= 0.3 is 0 Å². The number of ether oxygens (including phenoxy) is 1. The highest BCUT2D eigenvalue weighted by molar-refractivity contribution is 7.12. The quantitative estimate of drug-likeness (QED) is 0.914. The normalized spacial score (nSPS) is 22.7. The molecule has 2 aliphatic heterocycles. The Kier molecular flexibility index (Phi) is 4.67. The second kappa shape index (κ2) is 7.09. The Balaban J connectivity index is 1.36. The van der Waals surface area contributed by atoms with Crippen molar-refractivity contribution in [2.45, 2.75) is 37.3 Å². The van der Waals surface area contributed by atoms with Gasteiger partial charge < -0.3 is 15.0 Å². The molecule has 0 radical (unpaired) electrons. The lowest BCUT2D eigenvalue weighted by atomic mass is 9.82. The van der Waals surface area contributed by atoms with Gasteiger partial charge in [-0.25, -0.2) is 9.97 Å². The summed E-state index contributed by atoms with van der Waals surface area (Å²) in [5.74, 6) is 0.822. The maximum absolute atomic E-state index is 12.5. The van der Waals surface area contributed by atoms with Gasteiger partial charge in [-0.3, -0.25) is 4.79 Å². The third kappa shape index (κ3) is 3.67. The van der Waals surface area contributed by atoms with E-state index in [0.717, 1.165) is 50.3 Å². The van der Waals surface area contributed by atoms with Crippen LogP contribution in [0.3, 0.4) is 0 Å². The first-order valence-electron chi connectivity index (χ1n) is 8.74. The fraction of sp³-hybridized carbons (Fsp3) is 0.500. The minimum Gasteiger partial charge on any atom is -0.375 e. The summed E-state index contributed by atoms with van der Waals surface area (Å²) in [5, 5.41) is 5.38. The summed E-state index contributed by atoms with van der Waals surface area (Å²) >= 11 is 1.51. The summed E-state index contributed by atoms with van der Waals surface area (Å²) in [6, 6.07) is 5.96. The zero-order chi connectivity index (χ0) is 17.1. The minimum atomic E-state index is -0.128. The molecule has 2 aromatic heterocycles. The predicted octanol–water partition coefficient (Wildman–Crippen LogP) is 2.80. The summed E-state index contributed by atoms with van der Waals surface area (Å²) in [6.07, 6.45) is 7.16. The highest BCUT2D eigenvalue weighted by Crippen LogP contribution is 2.36. The predicted molar refractivity (Wildman–Crippen MR) is 96.8 cm³/mol. The van der Waals surface area contributed by atoms with E-state index < -0.39 is 0 Å². The fourth-order valence-electron chi connectivity index (χ4n) is 3.73. The SMILES string of the molecule is O=C(c1cccs1)N1CCC2(CC1)C[C@H](Nc1ncccn1)CCO2. The van der Waals surface area contributed by atoms with Crippen LogP contribution in [0.1, 0.15) is 35.4 Å². The van der Waals surface area contributed by atoms with Crippen LogP contribution in [0.4, 0.5) is 5.95 Å². The summed E-state index contributed by atoms with van der Waals surface area (Å²) in [6.45, 7) is 2.25. The molecule has 1 atom stereocenters. The van der Waals surface area contributed by atoms with E-state index in [-0.39, 0.29) is 11.5 Å². The first-order chi connectivity index (χ1) is 12.2. The summed E-state index contributed by atoms with van der Waals surface area (Å²) < 4.78 is 6.18. The van der Waals surface area contributed by atoms with E-state index in [1.54, 1.807) is 12.4 Å². The van der Waals surface area contributed by atoms with E-state index in [0.29, 0.717) is 12.0 Å². The lowest BCUT2D eigenvalue weighted by Gasteiger charge is -2.46. The molecule has 1 N–H and O–H groups in total. The number of anilines is 1. The van der Waals surface area contributed by atoms with Crippen LogP contribution < -0.4 is 5.32 Å². The molecule has 4 rings (SSSR count). The number of amides is 1. The van der Waals surface area contributed by atoms with Gasteiger partial charge in [-0.2, -0.15) is 0 Å². The number of carbonyl (C=O) groups excluding carboxylic acids is 1. The standard InChI is InChI=1S/C18H22N4O2S/c23-16(15-3-1-12-25-15)22-9-5-18(6-10-22)13-14(4-11-24-18)21-17-19-7-2-8-20-17/h1-3,7-8,12,14H,4-6,9-11,13H2,(H,19,20,21)/t14-/m1/s1. The van der Waals surface area contributed by atoms with Gasteiger partial charge in [-0.15, -0.1) is 11.3 Å². The molecule has 0 bridgehead atoms. The van der Waals surface area contributed by atoms with Crippen molar-refractivity contribution >= 4 is 23.2 Å². The van der Waals surface area contributed by atoms with Crippen LogP contribution in [0.2, 0.25) is 0 Å². The third-order valence-electron chi connectivity index (χ3n) is 5.09. The van der Waals surface area contributed by atoms with Crippen LogP contribution in [0.5, 0.6) is 0 Å². The summed E-state index contributed by atoms with van der Waals surface area (Å²) in [7, 11) is 0. The molecule has 4 heterocycles. The summed E-state index contributed by atoms with van der Waals surface area (Å²) in [5.41, 5.74) is -0.128. The average Bonchev–Trinajstić information content (AvgIpc) is 3.18. The van der Waals surface area contributed by atoms with Crippen LogP contribution in [-0.2, 0) is 4.74 Å². The molecule has 0 aromatic carbocycles. The van der Waals surface area contributed by atoms with E-state index in [1.165, 1.54) is 11.3 Å². The number of thiophene rings is 1. The van der Waals surface area contributed by atoms with Gasteiger partial charge in [0, 0.05) is 38.1 Å². The van der Waals surface area contributed by atoms with Crippen LogP contribution >= 0.6 is 11.3 Å². The van der Waals surface area contributed by atoms with Crippen molar-refractivity contribution in [2.75, 3.05) is 25.0 Å². The van der Waals surface area contributed by atoms with Crippen LogP contribution in [0.25, 0.3) is 0 Å². The molecular formula is C18H22N4O2S. The first-order valence-corrected chi connectivity index (χ1v) is 9.62. The molecule has 0 saturated carbocycles. The van der Waals surface area contributed by atoms with Gasteiger partial charge in [0.2, 0.25) is 5.95 Å². The van der Waals surface area contributed by atoms with E-state index in [2.05, 4.69) is 15.3 Å². The van der Waals surface area contributed by atoms with Crippen molar-refractivity contribution in [1.82, 2.24) is 14.9 Å². The van der Waals surface area contributed by atoms with Crippen molar-refractivity contribution in [3.63, 3.8) is 0 Å². The van der Waals surface area contributed by atoms with Crippen LogP contribution in [0, 0.1) is 0 Å². The van der Waals surface area contributed by atoms with Gasteiger partial charge in [0.05, 0.1) is 10.5 Å². The summed E-state index contributed by atoms with van der Waals surface area (Å²) in [4.78, 5) is 23.8. The smallest absolute Gasteiger partial charge is 0.263 e. The number of likely N-dealkylation sites (tertiary alicyclic amines) is 1. The maximum atomic E-state index is 12.5. The maximum Gasteiger partial charge on any atom is 0.263 e. The Morgan fingerprint density at radius 3 is 2.80 bits per heavy atom. The van der Waals surface area contributed by atoms with Crippen LogP contribution in [0.15, 0.2) is 36.0 Å². The molecular weight excluding hydrogens is 336 g/mol. The van der Waals surface area contributed by atoms with E-state index in [1.807, 2.05) is 28.5 Å². The molecule has 2 saturated heterocycles. The molecule has 0 aliphatic carbocycles. The van der Waals surface area contributed by atoms with Crippen molar-refractivity contribution in [3.8, 4) is 0 Å². The Bertz CT molecular complexity index is 699. The monoisotopic (exact) mass is 358 g/mol. The van der Waals surface area contributed by atoms with Gasteiger partial charge in [-0.05, 0) is 43.2 Å². The van der Waals surface area contributed by atoms with Crippen LogP contribution in [-0.4, -0.2) is 52.1 Å². The second-order valence-corrected chi connectivity index (χ2v) is 7.66. The highest BCUT2D eigenvalue weighted by Gasteiger charge is 2.41. The molecule has 6 nitrogen and oxygen atoms in total. The highest BCUT2D eigenvalue weighted by atomic mass is 32.1. The number of aromatic nitrogens is 2. The average molecular weight is 358 g/mol. The molecule has 0 unspecified atom stereocenters. The number of carbonyl (C=O) groups is 1. The lowest BCUT2D eigenvalue weighted by molar-refractivity contribution is -0.110. The molecule has 2 aromatic rings. The van der Waals surface area contributed by atoms with Crippen molar-refractivity contribution < 1.29 is 9.53 Å². The second-order valence-electron chi connectivity index (χ2n) is 6.71. The Labute approximate surface area is 151 Å². The Morgan fingerprint density at radius 1 is 1.28 bits per heavy atom. The largest absolute Gasteiger partial charge is 0.375 e.